The van der Waals surface area contributed by atoms with Gasteiger partial charge in [0.2, 0.25) is 0 Å². The van der Waals surface area contributed by atoms with Gasteiger partial charge >= 0.3 is 6.03 Å². The average Bonchev–Trinajstić information content (AvgIpc) is 3.10. The molecule has 2 fully saturated rings. The highest BCUT2D eigenvalue weighted by Gasteiger charge is 2.29. The van der Waals surface area contributed by atoms with E-state index in [1.54, 1.807) is 12.4 Å². The van der Waals surface area contributed by atoms with Crippen molar-refractivity contribution in [2.45, 2.75) is 57.6 Å². The number of likely N-dealkylation sites (tertiary alicyclic amines) is 1. The van der Waals surface area contributed by atoms with Gasteiger partial charge in [0.05, 0.1) is 18.8 Å². The Kier molecular flexibility index (Phi) is 6.07. The van der Waals surface area contributed by atoms with Crippen LogP contribution in [0.1, 0.15) is 57.1 Å². The van der Waals surface area contributed by atoms with E-state index < -0.39 is 0 Å². The van der Waals surface area contributed by atoms with E-state index in [1.165, 1.54) is 24.8 Å². The molecule has 1 aliphatic carbocycles. The minimum absolute atomic E-state index is 0.0228. The van der Waals surface area contributed by atoms with Crippen molar-refractivity contribution in [2.75, 3.05) is 19.7 Å². The molecule has 5 heteroatoms. The zero-order chi connectivity index (χ0) is 16.8. The van der Waals surface area contributed by atoms with Crippen molar-refractivity contribution in [1.82, 2.24) is 15.2 Å². The SMILES string of the molecule is C[C@@H]1CCCC[C@@H]1OCCNC(=O)N1CCC[C@H]1c1ccncc1. The van der Waals surface area contributed by atoms with Gasteiger partial charge in [0.1, 0.15) is 0 Å². The van der Waals surface area contributed by atoms with Crippen LogP contribution in [-0.2, 0) is 4.74 Å². The van der Waals surface area contributed by atoms with Gasteiger partial charge in [-0.25, -0.2) is 4.79 Å². The number of pyridine rings is 1. The van der Waals surface area contributed by atoms with E-state index >= 15 is 0 Å². The second kappa shape index (κ2) is 8.47. The zero-order valence-electron chi connectivity index (χ0n) is 14.6. The van der Waals surface area contributed by atoms with Crippen LogP contribution in [0.15, 0.2) is 24.5 Å². The van der Waals surface area contributed by atoms with E-state index in [0.717, 1.165) is 25.8 Å². The molecule has 5 nitrogen and oxygen atoms in total. The lowest BCUT2D eigenvalue weighted by molar-refractivity contribution is -0.00274. The Labute approximate surface area is 144 Å². The summed E-state index contributed by atoms with van der Waals surface area (Å²) >= 11 is 0. The molecule has 0 spiro atoms. The Morgan fingerprint density at radius 3 is 2.83 bits per heavy atom. The van der Waals surface area contributed by atoms with Gasteiger partial charge in [0.25, 0.3) is 0 Å². The normalized spacial score (nSPS) is 27.2. The molecule has 2 heterocycles. The first-order chi connectivity index (χ1) is 11.8. The Hall–Kier alpha value is -1.62. The molecule has 1 N–H and O–H groups in total. The number of hydrogen-bond acceptors (Lipinski definition) is 3. The average molecular weight is 331 g/mol. The number of ether oxygens (including phenoxy) is 1. The van der Waals surface area contributed by atoms with Gasteiger partial charge in [-0.2, -0.15) is 0 Å². The minimum atomic E-state index is 0.0228. The van der Waals surface area contributed by atoms with Crippen LogP contribution in [0, 0.1) is 5.92 Å². The Bertz CT molecular complexity index is 523. The molecule has 24 heavy (non-hydrogen) atoms. The van der Waals surface area contributed by atoms with Crippen molar-refractivity contribution in [3.05, 3.63) is 30.1 Å². The topological polar surface area (TPSA) is 54.5 Å². The number of carbonyl (C=O) groups excluding carboxylic acids is 1. The molecule has 1 aliphatic heterocycles. The van der Waals surface area contributed by atoms with Crippen LogP contribution < -0.4 is 5.32 Å². The molecule has 132 valence electrons. The minimum Gasteiger partial charge on any atom is -0.376 e. The largest absolute Gasteiger partial charge is 0.376 e. The molecule has 2 amide bonds. The second-order valence-electron chi connectivity index (χ2n) is 7.03. The number of nitrogens with one attached hydrogen (secondary N) is 1. The summed E-state index contributed by atoms with van der Waals surface area (Å²) in [7, 11) is 0. The standard InChI is InChI=1S/C19H29N3O2/c1-15-5-2-3-7-18(15)24-14-12-21-19(23)22-13-4-6-17(22)16-8-10-20-11-9-16/h8-11,15,17-18H,2-7,12-14H2,1H3,(H,21,23)/t15-,17+,18+/m1/s1. The van der Waals surface area contributed by atoms with E-state index in [-0.39, 0.29) is 12.1 Å². The Balaban J connectivity index is 1.43. The summed E-state index contributed by atoms with van der Waals surface area (Å²) in [4.78, 5) is 18.5. The third-order valence-electron chi connectivity index (χ3n) is 5.35. The fourth-order valence-electron chi connectivity index (χ4n) is 3.94. The first-order valence-corrected chi connectivity index (χ1v) is 9.31. The monoisotopic (exact) mass is 331 g/mol. The highest BCUT2D eigenvalue weighted by Crippen LogP contribution is 2.31. The molecule has 3 atom stereocenters. The summed E-state index contributed by atoms with van der Waals surface area (Å²) in [6.45, 7) is 4.28. The fraction of sp³-hybridized carbons (Fsp3) is 0.684. The Morgan fingerprint density at radius 2 is 2.04 bits per heavy atom. The molecule has 2 aliphatic rings. The number of aromatic nitrogens is 1. The molecular weight excluding hydrogens is 302 g/mol. The summed E-state index contributed by atoms with van der Waals surface area (Å²) in [5.74, 6) is 0.643. The molecule has 0 unspecified atom stereocenters. The van der Waals surface area contributed by atoms with Crippen LogP contribution in [0.5, 0.6) is 0 Å². The maximum Gasteiger partial charge on any atom is 0.317 e. The molecule has 1 saturated heterocycles. The Morgan fingerprint density at radius 1 is 1.25 bits per heavy atom. The quantitative estimate of drug-likeness (QED) is 0.840. The number of hydrogen-bond donors (Lipinski definition) is 1. The maximum absolute atomic E-state index is 12.5. The maximum atomic E-state index is 12.5. The predicted octanol–water partition coefficient (Wildman–Crippen LogP) is 3.52. The van der Waals surface area contributed by atoms with Gasteiger partial charge in [-0.05, 0) is 49.3 Å². The van der Waals surface area contributed by atoms with Crippen molar-refractivity contribution in [3.63, 3.8) is 0 Å². The molecule has 1 aromatic rings. The van der Waals surface area contributed by atoms with Crippen molar-refractivity contribution < 1.29 is 9.53 Å². The van der Waals surface area contributed by atoms with Crippen LogP contribution in [0.4, 0.5) is 4.79 Å². The van der Waals surface area contributed by atoms with E-state index in [4.69, 9.17) is 4.74 Å². The van der Waals surface area contributed by atoms with Crippen LogP contribution >= 0.6 is 0 Å². The number of urea groups is 1. The second-order valence-corrected chi connectivity index (χ2v) is 7.03. The van der Waals surface area contributed by atoms with Crippen molar-refractivity contribution in [1.29, 1.82) is 0 Å². The van der Waals surface area contributed by atoms with Crippen molar-refractivity contribution in [2.24, 2.45) is 5.92 Å². The van der Waals surface area contributed by atoms with E-state index in [9.17, 15) is 4.79 Å². The number of nitrogens with zero attached hydrogens (tertiary/aromatic N) is 2. The van der Waals surface area contributed by atoms with Gasteiger partial charge < -0.3 is 15.0 Å². The van der Waals surface area contributed by atoms with Gasteiger partial charge in [-0.3, -0.25) is 4.98 Å². The summed E-state index contributed by atoms with van der Waals surface area (Å²) < 4.78 is 5.98. The number of rotatable bonds is 5. The molecule has 3 rings (SSSR count). The molecule has 1 aromatic heterocycles. The smallest absolute Gasteiger partial charge is 0.317 e. The third-order valence-corrected chi connectivity index (χ3v) is 5.35. The predicted molar refractivity (Wildman–Crippen MR) is 93.7 cm³/mol. The van der Waals surface area contributed by atoms with Crippen LogP contribution in [0.2, 0.25) is 0 Å². The fourth-order valence-corrected chi connectivity index (χ4v) is 3.94. The highest BCUT2D eigenvalue weighted by molar-refractivity contribution is 5.75. The first-order valence-electron chi connectivity index (χ1n) is 9.31. The van der Waals surface area contributed by atoms with E-state index in [0.29, 0.717) is 25.2 Å². The number of carbonyl (C=O) groups is 1. The summed E-state index contributed by atoms with van der Waals surface area (Å²) in [5, 5.41) is 3.03. The zero-order valence-corrected chi connectivity index (χ0v) is 14.6. The summed E-state index contributed by atoms with van der Waals surface area (Å²) in [6, 6.07) is 4.20. The molecule has 0 radical (unpaired) electrons. The molecular formula is C19H29N3O2. The van der Waals surface area contributed by atoms with Crippen molar-refractivity contribution >= 4 is 6.03 Å². The van der Waals surface area contributed by atoms with E-state index in [1.807, 2.05) is 17.0 Å². The molecule has 1 saturated carbocycles. The first kappa shape index (κ1) is 17.2. The van der Waals surface area contributed by atoms with Crippen LogP contribution in [-0.4, -0.2) is 41.7 Å². The summed E-state index contributed by atoms with van der Waals surface area (Å²) in [5.41, 5.74) is 1.17. The lowest BCUT2D eigenvalue weighted by Crippen LogP contribution is -2.41. The highest BCUT2D eigenvalue weighted by atomic mass is 16.5. The summed E-state index contributed by atoms with van der Waals surface area (Å²) in [6.07, 6.45) is 11.0. The molecule has 0 aromatic carbocycles. The van der Waals surface area contributed by atoms with Crippen LogP contribution in [0.3, 0.4) is 0 Å². The number of amides is 2. The van der Waals surface area contributed by atoms with E-state index in [2.05, 4.69) is 17.2 Å². The van der Waals surface area contributed by atoms with Crippen molar-refractivity contribution in [3.8, 4) is 0 Å². The lowest BCUT2D eigenvalue weighted by Gasteiger charge is -2.29. The third kappa shape index (κ3) is 4.26. The molecule has 0 bridgehead atoms. The lowest BCUT2D eigenvalue weighted by atomic mass is 9.88. The van der Waals surface area contributed by atoms with Gasteiger partial charge in [0, 0.05) is 25.5 Å². The van der Waals surface area contributed by atoms with Gasteiger partial charge in [-0.1, -0.05) is 19.8 Å². The van der Waals surface area contributed by atoms with Crippen LogP contribution in [0.25, 0.3) is 0 Å². The van der Waals surface area contributed by atoms with Gasteiger partial charge in [-0.15, -0.1) is 0 Å². The van der Waals surface area contributed by atoms with Gasteiger partial charge in [0.15, 0.2) is 0 Å².